The van der Waals surface area contributed by atoms with E-state index in [2.05, 4.69) is 10.2 Å². The van der Waals surface area contributed by atoms with Crippen molar-refractivity contribution in [2.24, 2.45) is 11.7 Å². The normalized spacial score (nSPS) is 23.9. The highest BCUT2D eigenvalue weighted by Gasteiger charge is 2.54. The molecule has 0 aromatic carbocycles. The Bertz CT molecular complexity index is 563. The first-order chi connectivity index (χ1) is 8.34. The minimum absolute atomic E-state index is 0.293. The lowest BCUT2D eigenvalue weighted by molar-refractivity contribution is 0.135. The minimum Gasteiger partial charge on any atom is -0.323 e. The van der Waals surface area contributed by atoms with E-state index < -0.39 is 10.0 Å². The molecule has 0 atom stereocenters. The molecule has 0 radical (unpaired) electrons. The maximum absolute atomic E-state index is 12.5. The number of sulfonamides is 1. The second-order valence-corrected chi connectivity index (χ2v) is 7.42. The monoisotopic (exact) mass is 270 g/mol. The van der Waals surface area contributed by atoms with Crippen LogP contribution in [0.25, 0.3) is 0 Å². The van der Waals surface area contributed by atoms with Crippen molar-refractivity contribution in [3.8, 4) is 0 Å². The molecule has 1 saturated heterocycles. The predicted molar refractivity (Wildman–Crippen MR) is 66.5 cm³/mol. The molecule has 18 heavy (non-hydrogen) atoms. The number of aromatic nitrogens is 2. The summed E-state index contributed by atoms with van der Waals surface area (Å²) in [6, 6.07) is 0. The van der Waals surface area contributed by atoms with Crippen molar-refractivity contribution in [1.82, 2.24) is 14.5 Å². The van der Waals surface area contributed by atoms with E-state index in [0.29, 0.717) is 35.3 Å². The van der Waals surface area contributed by atoms with Crippen molar-refractivity contribution in [3.63, 3.8) is 0 Å². The number of hydrogen-bond acceptors (Lipinski definition) is 4. The molecule has 1 aliphatic carbocycles. The zero-order valence-electron chi connectivity index (χ0n) is 10.6. The fourth-order valence-corrected chi connectivity index (χ4v) is 4.68. The highest BCUT2D eigenvalue weighted by atomic mass is 32.2. The second-order valence-electron chi connectivity index (χ2n) is 5.54. The third kappa shape index (κ3) is 1.61. The Kier molecular flexibility index (Phi) is 2.39. The van der Waals surface area contributed by atoms with Crippen molar-refractivity contribution >= 4 is 10.0 Å². The highest BCUT2D eigenvalue weighted by molar-refractivity contribution is 7.89. The lowest BCUT2D eigenvalue weighted by Gasteiger charge is -2.47. The average molecular weight is 270 g/mol. The highest BCUT2D eigenvalue weighted by Crippen LogP contribution is 2.44. The van der Waals surface area contributed by atoms with Crippen LogP contribution in [0.1, 0.15) is 24.2 Å². The standard InChI is InChI=1S/C11H18N4O2S/c1-7-10(8(2)14-13-7)18(16,17)15-5-11(12,6-15)9-3-4-9/h9H,3-6,12H2,1-2H3,(H,13,14). The van der Waals surface area contributed by atoms with Crippen molar-refractivity contribution in [2.75, 3.05) is 13.1 Å². The van der Waals surface area contributed by atoms with E-state index in [1.165, 1.54) is 4.31 Å². The maximum atomic E-state index is 12.5. The van der Waals surface area contributed by atoms with Gasteiger partial charge in [0.15, 0.2) is 0 Å². The molecule has 0 amide bonds. The fraction of sp³-hybridized carbons (Fsp3) is 0.727. The topological polar surface area (TPSA) is 92.1 Å². The lowest BCUT2D eigenvalue weighted by Crippen LogP contribution is -2.69. The number of aromatic amines is 1. The number of nitrogens with two attached hydrogens (primary N) is 1. The lowest BCUT2D eigenvalue weighted by atomic mass is 9.88. The maximum Gasteiger partial charge on any atom is 0.246 e. The van der Waals surface area contributed by atoms with Crippen LogP contribution in [0.2, 0.25) is 0 Å². The average Bonchev–Trinajstić information content (AvgIpc) is 3.01. The number of nitrogens with zero attached hydrogens (tertiary/aromatic N) is 2. The predicted octanol–water partition coefficient (Wildman–Crippen LogP) is 0.138. The van der Waals surface area contributed by atoms with Crippen molar-refractivity contribution in [2.45, 2.75) is 37.1 Å². The van der Waals surface area contributed by atoms with Gasteiger partial charge in [0.1, 0.15) is 4.90 Å². The Morgan fingerprint density at radius 1 is 1.39 bits per heavy atom. The summed E-state index contributed by atoms with van der Waals surface area (Å²) in [5.41, 5.74) is 7.01. The van der Waals surface area contributed by atoms with Crippen LogP contribution in [0.4, 0.5) is 0 Å². The largest absolute Gasteiger partial charge is 0.323 e. The molecule has 1 saturated carbocycles. The SMILES string of the molecule is Cc1n[nH]c(C)c1S(=O)(=O)N1CC(N)(C2CC2)C1. The molecule has 7 heteroatoms. The Balaban J connectivity index is 1.85. The summed E-state index contributed by atoms with van der Waals surface area (Å²) < 4.78 is 26.4. The summed E-state index contributed by atoms with van der Waals surface area (Å²) in [7, 11) is -3.44. The number of aryl methyl sites for hydroxylation is 2. The van der Waals surface area contributed by atoms with E-state index in [-0.39, 0.29) is 5.54 Å². The Morgan fingerprint density at radius 3 is 2.44 bits per heavy atom. The van der Waals surface area contributed by atoms with E-state index in [1.54, 1.807) is 13.8 Å². The Labute approximate surface area is 107 Å². The van der Waals surface area contributed by atoms with Gasteiger partial charge in [-0.1, -0.05) is 0 Å². The van der Waals surface area contributed by atoms with Crippen LogP contribution in [0.5, 0.6) is 0 Å². The van der Waals surface area contributed by atoms with Crippen LogP contribution >= 0.6 is 0 Å². The molecular weight excluding hydrogens is 252 g/mol. The molecule has 0 spiro atoms. The third-order valence-electron chi connectivity index (χ3n) is 3.99. The first-order valence-electron chi connectivity index (χ1n) is 6.15. The van der Waals surface area contributed by atoms with Gasteiger partial charge in [0.2, 0.25) is 10.0 Å². The van der Waals surface area contributed by atoms with E-state index in [9.17, 15) is 8.42 Å². The smallest absolute Gasteiger partial charge is 0.246 e. The number of rotatable bonds is 3. The zero-order valence-corrected chi connectivity index (χ0v) is 11.4. The van der Waals surface area contributed by atoms with E-state index in [4.69, 9.17) is 5.73 Å². The molecular formula is C11H18N4O2S. The van der Waals surface area contributed by atoms with E-state index in [1.807, 2.05) is 0 Å². The molecule has 6 nitrogen and oxygen atoms in total. The van der Waals surface area contributed by atoms with Gasteiger partial charge in [-0.3, -0.25) is 5.10 Å². The van der Waals surface area contributed by atoms with Gasteiger partial charge in [-0.2, -0.15) is 9.40 Å². The van der Waals surface area contributed by atoms with E-state index >= 15 is 0 Å². The summed E-state index contributed by atoms with van der Waals surface area (Å²) in [6.07, 6.45) is 2.27. The van der Waals surface area contributed by atoms with Gasteiger partial charge in [-0.15, -0.1) is 0 Å². The van der Waals surface area contributed by atoms with Gasteiger partial charge >= 0.3 is 0 Å². The van der Waals surface area contributed by atoms with Crippen LogP contribution in [-0.4, -0.2) is 41.5 Å². The van der Waals surface area contributed by atoms with Crippen molar-refractivity contribution in [3.05, 3.63) is 11.4 Å². The molecule has 2 fully saturated rings. The quantitative estimate of drug-likeness (QED) is 0.817. The first-order valence-corrected chi connectivity index (χ1v) is 7.59. The van der Waals surface area contributed by atoms with Crippen LogP contribution in [0.15, 0.2) is 4.90 Å². The van der Waals surface area contributed by atoms with Crippen molar-refractivity contribution in [1.29, 1.82) is 0 Å². The summed E-state index contributed by atoms with van der Waals surface area (Å²) in [5, 5.41) is 6.66. The molecule has 2 aliphatic rings. The molecule has 0 bridgehead atoms. The fourth-order valence-electron chi connectivity index (χ4n) is 2.75. The van der Waals surface area contributed by atoms with E-state index in [0.717, 1.165) is 12.8 Å². The van der Waals surface area contributed by atoms with Crippen molar-refractivity contribution < 1.29 is 8.42 Å². The van der Waals surface area contributed by atoms with Gasteiger partial charge < -0.3 is 5.73 Å². The number of nitrogens with one attached hydrogen (secondary N) is 1. The molecule has 1 aromatic heterocycles. The van der Waals surface area contributed by atoms with Gasteiger partial charge in [-0.05, 0) is 32.6 Å². The molecule has 3 rings (SSSR count). The first kappa shape index (κ1) is 12.1. The van der Waals surface area contributed by atoms with Crippen LogP contribution < -0.4 is 5.73 Å². The molecule has 100 valence electrons. The zero-order chi connectivity index (χ0) is 13.1. The molecule has 0 unspecified atom stereocenters. The third-order valence-corrected chi connectivity index (χ3v) is 6.05. The summed E-state index contributed by atoms with van der Waals surface area (Å²) in [4.78, 5) is 0.306. The minimum atomic E-state index is -3.44. The number of hydrogen-bond donors (Lipinski definition) is 2. The summed E-state index contributed by atoms with van der Waals surface area (Å²) in [6.45, 7) is 4.30. The van der Waals surface area contributed by atoms with Gasteiger partial charge in [0, 0.05) is 18.6 Å². The second kappa shape index (κ2) is 3.55. The Hall–Kier alpha value is -0.920. The van der Waals surface area contributed by atoms with Gasteiger partial charge in [-0.25, -0.2) is 8.42 Å². The molecule has 1 aliphatic heterocycles. The van der Waals surface area contributed by atoms with Crippen LogP contribution in [0.3, 0.4) is 0 Å². The van der Waals surface area contributed by atoms with Crippen LogP contribution in [-0.2, 0) is 10.0 Å². The van der Waals surface area contributed by atoms with Crippen LogP contribution in [0, 0.1) is 19.8 Å². The number of H-pyrrole nitrogens is 1. The summed E-state index contributed by atoms with van der Waals surface area (Å²) >= 11 is 0. The summed E-state index contributed by atoms with van der Waals surface area (Å²) in [5.74, 6) is 0.510. The molecule has 3 N–H and O–H groups in total. The van der Waals surface area contributed by atoms with Gasteiger partial charge in [0.25, 0.3) is 0 Å². The molecule has 2 heterocycles. The Morgan fingerprint density at radius 2 is 2.00 bits per heavy atom. The van der Waals surface area contributed by atoms with Gasteiger partial charge in [0.05, 0.1) is 11.4 Å². The molecule has 1 aromatic rings.